The first-order chi connectivity index (χ1) is 11.2. The minimum Gasteiger partial charge on any atom is -0.497 e. The Morgan fingerprint density at radius 2 is 1.61 bits per heavy atom. The van der Waals surface area contributed by atoms with Gasteiger partial charge >= 0.3 is 0 Å². The number of hydrogen-bond donors (Lipinski definition) is 2. The third-order valence-corrected chi connectivity index (χ3v) is 3.62. The Bertz CT molecular complexity index is 613. The maximum atomic E-state index is 10.3. The lowest BCUT2D eigenvalue weighted by Gasteiger charge is -2.15. The van der Waals surface area contributed by atoms with Crippen LogP contribution in [0.15, 0.2) is 42.5 Å². The highest BCUT2D eigenvalue weighted by atomic mass is 16.5. The zero-order valence-electron chi connectivity index (χ0n) is 13.7. The van der Waals surface area contributed by atoms with Gasteiger partial charge in [-0.1, -0.05) is 18.2 Å². The van der Waals surface area contributed by atoms with Gasteiger partial charge in [-0.3, -0.25) is 0 Å². The zero-order chi connectivity index (χ0) is 16.7. The molecule has 0 radical (unpaired) electrons. The number of methoxy groups -OCH3 is 3. The van der Waals surface area contributed by atoms with Crippen LogP contribution in [0.4, 0.5) is 0 Å². The Hall–Kier alpha value is -2.24. The normalized spacial score (nSPS) is 11.8. The topological polar surface area (TPSA) is 60.0 Å². The Morgan fingerprint density at radius 3 is 2.22 bits per heavy atom. The average molecular weight is 317 g/mol. The Labute approximate surface area is 136 Å². The predicted molar refractivity (Wildman–Crippen MR) is 89.2 cm³/mol. The van der Waals surface area contributed by atoms with Gasteiger partial charge in [0.2, 0.25) is 0 Å². The van der Waals surface area contributed by atoms with Gasteiger partial charge in [0.05, 0.1) is 27.4 Å². The van der Waals surface area contributed by atoms with Crippen LogP contribution < -0.4 is 19.5 Å². The summed E-state index contributed by atoms with van der Waals surface area (Å²) in [7, 11) is 4.81. The molecule has 0 bridgehead atoms. The van der Waals surface area contributed by atoms with E-state index in [-0.39, 0.29) is 0 Å². The molecule has 2 aromatic carbocycles. The second-order valence-corrected chi connectivity index (χ2v) is 5.11. The summed E-state index contributed by atoms with van der Waals surface area (Å²) >= 11 is 0. The van der Waals surface area contributed by atoms with E-state index < -0.39 is 6.10 Å². The van der Waals surface area contributed by atoms with Crippen molar-refractivity contribution in [2.45, 2.75) is 12.6 Å². The fraction of sp³-hybridized carbons (Fsp3) is 0.333. The average Bonchev–Trinajstić information content (AvgIpc) is 2.61. The molecule has 0 aliphatic heterocycles. The van der Waals surface area contributed by atoms with Crippen molar-refractivity contribution in [2.24, 2.45) is 0 Å². The molecule has 0 aliphatic carbocycles. The molecule has 0 amide bonds. The number of aliphatic hydroxyl groups is 1. The van der Waals surface area contributed by atoms with E-state index in [1.54, 1.807) is 33.5 Å². The van der Waals surface area contributed by atoms with Crippen molar-refractivity contribution in [3.05, 3.63) is 53.6 Å². The highest BCUT2D eigenvalue weighted by molar-refractivity contribution is 5.43. The fourth-order valence-corrected chi connectivity index (χ4v) is 2.27. The van der Waals surface area contributed by atoms with Crippen LogP contribution in [-0.4, -0.2) is 33.0 Å². The van der Waals surface area contributed by atoms with Crippen LogP contribution in [0.2, 0.25) is 0 Å². The molecule has 124 valence electrons. The summed E-state index contributed by atoms with van der Waals surface area (Å²) in [5.74, 6) is 2.09. The third kappa shape index (κ3) is 4.61. The van der Waals surface area contributed by atoms with Crippen molar-refractivity contribution in [1.82, 2.24) is 5.32 Å². The molecule has 0 saturated heterocycles. The second kappa shape index (κ2) is 8.41. The van der Waals surface area contributed by atoms with Crippen molar-refractivity contribution in [2.75, 3.05) is 27.9 Å². The summed E-state index contributed by atoms with van der Waals surface area (Å²) in [4.78, 5) is 0. The van der Waals surface area contributed by atoms with Gasteiger partial charge in [-0.2, -0.15) is 0 Å². The minimum absolute atomic E-state index is 0.446. The standard InChI is InChI=1S/C18H23NO4/c1-21-15-7-4-13(5-8-15)11-19-12-16(20)14-6-9-17(22-2)18(10-14)23-3/h4-10,16,19-20H,11-12H2,1-3H3. The number of aliphatic hydroxyl groups excluding tert-OH is 1. The first-order valence-electron chi connectivity index (χ1n) is 7.41. The summed E-state index contributed by atoms with van der Waals surface area (Å²) in [6.07, 6.45) is -0.618. The lowest BCUT2D eigenvalue weighted by Crippen LogP contribution is -2.21. The van der Waals surface area contributed by atoms with E-state index in [4.69, 9.17) is 14.2 Å². The minimum atomic E-state index is -0.618. The van der Waals surface area contributed by atoms with Gasteiger partial charge in [-0.05, 0) is 35.4 Å². The van der Waals surface area contributed by atoms with E-state index >= 15 is 0 Å². The van der Waals surface area contributed by atoms with E-state index in [1.807, 2.05) is 30.3 Å². The smallest absolute Gasteiger partial charge is 0.161 e. The lowest BCUT2D eigenvalue weighted by atomic mass is 10.1. The molecule has 1 unspecified atom stereocenters. The summed E-state index contributed by atoms with van der Waals surface area (Å²) in [5, 5.41) is 13.5. The molecule has 0 spiro atoms. The highest BCUT2D eigenvalue weighted by Crippen LogP contribution is 2.29. The SMILES string of the molecule is COc1ccc(CNCC(O)c2ccc(OC)c(OC)c2)cc1. The second-order valence-electron chi connectivity index (χ2n) is 5.11. The van der Waals surface area contributed by atoms with Crippen LogP contribution in [0.1, 0.15) is 17.2 Å². The van der Waals surface area contributed by atoms with Gasteiger partial charge in [0.15, 0.2) is 11.5 Å². The molecular weight excluding hydrogens is 294 g/mol. The van der Waals surface area contributed by atoms with Gasteiger partial charge in [-0.15, -0.1) is 0 Å². The number of benzene rings is 2. The number of ether oxygens (including phenoxy) is 3. The van der Waals surface area contributed by atoms with Crippen LogP contribution in [0.25, 0.3) is 0 Å². The van der Waals surface area contributed by atoms with E-state index in [9.17, 15) is 5.11 Å². The molecule has 23 heavy (non-hydrogen) atoms. The Kier molecular flexibility index (Phi) is 6.26. The van der Waals surface area contributed by atoms with Crippen LogP contribution in [0.3, 0.4) is 0 Å². The molecule has 1 atom stereocenters. The van der Waals surface area contributed by atoms with E-state index in [0.717, 1.165) is 16.9 Å². The fourth-order valence-electron chi connectivity index (χ4n) is 2.27. The van der Waals surface area contributed by atoms with Gasteiger partial charge < -0.3 is 24.6 Å². The van der Waals surface area contributed by atoms with Crippen molar-refractivity contribution in [1.29, 1.82) is 0 Å². The van der Waals surface area contributed by atoms with Gasteiger partial charge in [0.1, 0.15) is 5.75 Å². The lowest BCUT2D eigenvalue weighted by molar-refractivity contribution is 0.174. The molecule has 2 N–H and O–H groups in total. The maximum absolute atomic E-state index is 10.3. The molecule has 5 heteroatoms. The van der Waals surface area contributed by atoms with Crippen molar-refractivity contribution >= 4 is 0 Å². The molecule has 0 aliphatic rings. The van der Waals surface area contributed by atoms with Crippen LogP contribution in [0.5, 0.6) is 17.2 Å². The first-order valence-corrected chi connectivity index (χ1v) is 7.41. The van der Waals surface area contributed by atoms with E-state index in [0.29, 0.717) is 24.6 Å². The molecule has 0 saturated carbocycles. The van der Waals surface area contributed by atoms with Crippen molar-refractivity contribution < 1.29 is 19.3 Å². The van der Waals surface area contributed by atoms with Crippen LogP contribution >= 0.6 is 0 Å². The summed E-state index contributed by atoms with van der Waals surface area (Å²) in [5.41, 5.74) is 1.91. The Balaban J connectivity index is 1.90. The summed E-state index contributed by atoms with van der Waals surface area (Å²) in [6.45, 7) is 1.12. The summed E-state index contributed by atoms with van der Waals surface area (Å²) in [6, 6.07) is 13.2. The molecule has 5 nitrogen and oxygen atoms in total. The van der Waals surface area contributed by atoms with Gasteiger partial charge in [0, 0.05) is 13.1 Å². The molecule has 0 fully saturated rings. The maximum Gasteiger partial charge on any atom is 0.161 e. The summed E-state index contributed by atoms with van der Waals surface area (Å²) < 4.78 is 15.6. The Morgan fingerprint density at radius 1 is 0.913 bits per heavy atom. The zero-order valence-corrected chi connectivity index (χ0v) is 13.7. The molecule has 2 rings (SSSR count). The number of hydrogen-bond acceptors (Lipinski definition) is 5. The van der Waals surface area contributed by atoms with Crippen LogP contribution in [0, 0.1) is 0 Å². The monoisotopic (exact) mass is 317 g/mol. The molecule has 0 heterocycles. The predicted octanol–water partition coefficient (Wildman–Crippen LogP) is 2.54. The molecular formula is C18H23NO4. The van der Waals surface area contributed by atoms with Gasteiger partial charge in [0.25, 0.3) is 0 Å². The first kappa shape index (κ1) is 17.1. The highest BCUT2D eigenvalue weighted by Gasteiger charge is 2.11. The number of nitrogens with one attached hydrogen (secondary N) is 1. The number of rotatable bonds is 8. The van der Waals surface area contributed by atoms with E-state index in [2.05, 4.69) is 5.32 Å². The largest absolute Gasteiger partial charge is 0.497 e. The van der Waals surface area contributed by atoms with Gasteiger partial charge in [-0.25, -0.2) is 0 Å². The van der Waals surface area contributed by atoms with Crippen LogP contribution in [-0.2, 0) is 6.54 Å². The molecule has 0 aromatic heterocycles. The quantitative estimate of drug-likeness (QED) is 0.783. The molecule has 2 aromatic rings. The van der Waals surface area contributed by atoms with Crippen molar-refractivity contribution in [3.8, 4) is 17.2 Å². The van der Waals surface area contributed by atoms with Crippen molar-refractivity contribution in [3.63, 3.8) is 0 Å². The van der Waals surface area contributed by atoms with E-state index in [1.165, 1.54) is 0 Å². The third-order valence-electron chi connectivity index (χ3n) is 3.62.